The van der Waals surface area contributed by atoms with Gasteiger partial charge in [-0.2, -0.15) is 0 Å². The van der Waals surface area contributed by atoms with Gasteiger partial charge in [-0.15, -0.1) is 0 Å². The highest BCUT2D eigenvalue weighted by atomic mass is 15.2. The molecule has 2 N–H and O–H groups in total. The van der Waals surface area contributed by atoms with Crippen LogP contribution in [0.15, 0.2) is 4.99 Å². The molecule has 0 spiro atoms. The molecule has 2 atom stereocenters. The van der Waals surface area contributed by atoms with Gasteiger partial charge in [-0.05, 0) is 51.6 Å². The molecule has 0 radical (unpaired) electrons. The van der Waals surface area contributed by atoms with Crippen molar-refractivity contribution in [3.05, 3.63) is 0 Å². The molecule has 1 fully saturated rings. The molecule has 1 saturated heterocycles. The van der Waals surface area contributed by atoms with Crippen LogP contribution in [0.3, 0.4) is 0 Å². The van der Waals surface area contributed by atoms with Crippen LogP contribution in [-0.2, 0) is 0 Å². The monoisotopic (exact) mass is 296 g/mol. The van der Waals surface area contributed by atoms with Gasteiger partial charge in [0, 0.05) is 25.7 Å². The molecular formula is C17H36N4. The Morgan fingerprint density at radius 3 is 2.33 bits per heavy atom. The average Bonchev–Trinajstić information content (AvgIpc) is 2.46. The van der Waals surface area contributed by atoms with Crippen molar-refractivity contribution in [1.29, 1.82) is 0 Å². The van der Waals surface area contributed by atoms with Gasteiger partial charge in [-0.3, -0.25) is 4.99 Å². The smallest absolute Gasteiger partial charge is 0.191 e. The second kappa shape index (κ2) is 10.0. The lowest BCUT2D eigenvalue weighted by Crippen LogP contribution is -2.44. The van der Waals surface area contributed by atoms with E-state index >= 15 is 0 Å². The topological polar surface area (TPSA) is 39.7 Å². The number of likely N-dealkylation sites (tertiary alicyclic amines) is 1. The van der Waals surface area contributed by atoms with Gasteiger partial charge in [0.15, 0.2) is 5.96 Å². The summed E-state index contributed by atoms with van der Waals surface area (Å²) in [6, 6.07) is 0.445. The number of aliphatic imine (C=N–C) groups is 1. The van der Waals surface area contributed by atoms with Gasteiger partial charge >= 0.3 is 0 Å². The maximum atomic E-state index is 4.77. The normalized spacial score (nSPS) is 20.4. The van der Waals surface area contributed by atoms with E-state index in [0.29, 0.717) is 17.9 Å². The first kappa shape index (κ1) is 18.3. The van der Waals surface area contributed by atoms with E-state index in [1.807, 2.05) is 0 Å². The third-order valence-electron chi connectivity index (χ3n) is 4.29. The molecule has 21 heavy (non-hydrogen) atoms. The van der Waals surface area contributed by atoms with Crippen LogP contribution in [0.4, 0.5) is 0 Å². The average molecular weight is 297 g/mol. The number of nitrogens with one attached hydrogen (secondary N) is 2. The lowest BCUT2D eigenvalue weighted by atomic mass is 10.1. The Labute approximate surface area is 131 Å². The van der Waals surface area contributed by atoms with Crippen molar-refractivity contribution in [3.8, 4) is 0 Å². The second-order valence-electron chi connectivity index (χ2n) is 6.86. The highest BCUT2D eigenvalue weighted by Gasteiger charge is 2.14. The molecule has 0 saturated carbocycles. The van der Waals surface area contributed by atoms with E-state index < -0.39 is 0 Å². The summed E-state index contributed by atoms with van der Waals surface area (Å²) in [6.07, 6.45) is 4.14. The number of hydrogen-bond donors (Lipinski definition) is 2. The summed E-state index contributed by atoms with van der Waals surface area (Å²) >= 11 is 0. The molecule has 2 unspecified atom stereocenters. The summed E-state index contributed by atoms with van der Waals surface area (Å²) in [5, 5.41) is 6.85. The van der Waals surface area contributed by atoms with Gasteiger partial charge in [0.25, 0.3) is 0 Å². The summed E-state index contributed by atoms with van der Waals surface area (Å²) < 4.78 is 0. The maximum absolute atomic E-state index is 4.77. The Balaban J connectivity index is 2.40. The van der Waals surface area contributed by atoms with Crippen molar-refractivity contribution in [1.82, 2.24) is 15.5 Å². The molecule has 0 aromatic heterocycles. The minimum Gasteiger partial charge on any atom is -0.357 e. The standard InChI is InChI=1S/C17H36N4/c1-6-18-17(20-16(5)14(2)3)19-12-15(4)13-21-10-8-7-9-11-21/h14-16H,6-13H2,1-5H3,(H2,18,19,20). The first-order chi connectivity index (χ1) is 10.0. The molecule has 124 valence electrons. The number of hydrogen-bond acceptors (Lipinski definition) is 2. The fourth-order valence-corrected chi connectivity index (χ4v) is 2.59. The van der Waals surface area contributed by atoms with Crippen LogP contribution < -0.4 is 10.6 Å². The summed E-state index contributed by atoms with van der Waals surface area (Å²) in [5.41, 5.74) is 0. The van der Waals surface area contributed by atoms with Gasteiger partial charge < -0.3 is 15.5 Å². The SMILES string of the molecule is CCNC(=NCC(C)CN1CCCCC1)NC(C)C(C)C. The van der Waals surface area contributed by atoms with Crippen LogP contribution in [0.1, 0.15) is 53.9 Å². The van der Waals surface area contributed by atoms with Gasteiger partial charge in [0.05, 0.1) is 0 Å². The van der Waals surface area contributed by atoms with E-state index in [-0.39, 0.29) is 0 Å². The number of guanidine groups is 1. The fraction of sp³-hybridized carbons (Fsp3) is 0.941. The van der Waals surface area contributed by atoms with E-state index in [1.54, 1.807) is 0 Å². The first-order valence-corrected chi connectivity index (χ1v) is 8.80. The van der Waals surface area contributed by atoms with Crippen molar-refractivity contribution in [2.24, 2.45) is 16.8 Å². The Bertz CT molecular complexity index is 295. The van der Waals surface area contributed by atoms with Crippen LogP contribution in [0, 0.1) is 11.8 Å². The second-order valence-corrected chi connectivity index (χ2v) is 6.86. The predicted octanol–water partition coefficient (Wildman–Crippen LogP) is 2.71. The molecule has 0 aliphatic carbocycles. The van der Waals surface area contributed by atoms with Crippen LogP contribution in [-0.4, -0.2) is 49.6 Å². The minimum absolute atomic E-state index is 0.445. The molecule has 0 aromatic carbocycles. The van der Waals surface area contributed by atoms with E-state index in [1.165, 1.54) is 38.9 Å². The van der Waals surface area contributed by atoms with E-state index in [2.05, 4.69) is 50.2 Å². The van der Waals surface area contributed by atoms with Gasteiger partial charge in [0.1, 0.15) is 0 Å². The van der Waals surface area contributed by atoms with E-state index in [9.17, 15) is 0 Å². The molecule has 0 bridgehead atoms. The van der Waals surface area contributed by atoms with Crippen LogP contribution in [0.25, 0.3) is 0 Å². The zero-order valence-corrected chi connectivity index (χ0v) is 14.8. The Morgan fingerprint density at radius 2 is 1.76 bits per heavy atom. The Morgan fingerprint density at radius 1 is 1.10 bits per heavy atom. The minimum atomic E-state index is 0.445. The van der Waals surface area contributed by atoms with Crippen molar-refractivity contribution in [2.75, 3.05) is 32.7 Å². The molecule has 4 nitrogen and oxygen atoms in total. The van der Waals surface area contributed by atoms with Crippen LogP contribution >= 0.6 is 0 Å². The summed E-state index contributed by atoms with van der Waals surface area (Å²) in [4.78, 5) is 7.37. The Hall–Kier alpha value is -0.770. The predicted molar refractivity (Wildman–Crippen MR) is 92.9 cm³/mol. The zero-order chi connectivity index (χ0) is 15.7. The fourth-order valence-electron chi connectivity index (χ4n) is 2.59. The highest BCUT2D eigenvalue weighted by molar-refractivity contribution is 5.80. The highest BCUT2D eigenvalue weighted by Crippen LogP contribution is 2.11. The molecule has 4 heteroatoms. The summed E-state index contributed by atoms with van der Waals surface area (Å²) in [5.74, 6) is 2.19. The molecule has 0 amide bonds. The number of nitrogens with zero attached hydrogens (tertiary/aromatic N) is 2. The van der Waals surface area contributed by atoms with Crippen molar-refractivity contribution >= 4 is 5.96 Å². The molecule has 1 heterocycles. The Kier molecular flexibility index (Phi) is 8.74. The molecule has 0 aromatic rings. The number of rotatable bonds is 7. The first-order valence-electron chi connectivity index (χ1n) is 8.80. The van der Waals surface area contributed by atoms with Gasteiger partial charge in [-0.25, -0.2) is 0 Å². The molecule has 1 aliphatic heterocycles. The van der Waals surface area contributed by atoms with Crippen molar-refractivity contribution in [3.63, 3.8) is 0 Å². The molecular weight excluding hydrogens is 260 g/mol. The van der Waals surface area contributed by atoms with Crippen molar-refractivity contribution < 1.29 is 0 Å². The number of piperidine rings is 1. The lowest BCUT2D eigenvalue weighted by molar-refractivity contribution is 0.203. The van der Waals surface area contributed by atoms with E-state index in [0.717, 1.165) is 19.0 Å². The summed E-state index contributed by atoms with van der Waals surface area (Å²) in [6.45, 7) is 16.7. The quantitative estimate of drug-likeness (QED) is 0.560. The van der Waals surface area contributed by atoms with Crippen LogP contribution in [0.2, 0.25) is 0 Å². The largest absolute Gasteiger partial charge is 0.357 e. The zero-order valence-electron chi connectivity index (χ0n) is 14.8. The summed E-state index contributed by atoms with van der Waals surface area (Å²) in [7, 11) is 0. The van der Waals surface area contributed by atoms with Crippen LogP contribution in [0.5, 0.6) is 0 Å². The van der Waals surface area contributed by atoms with Gasteiger partial charge in [0.2, 0.25) is 0 Å². The third kappa shape index (κ3) is 7.70. The van der Waals surface area contributed by atoms with Gasteiger partial charge in [-0.1, -0.05) is 27.2 Å². The van der Waals surface area contributed by atoms with Crippen molar-refractivity contribution in [2.45, 2.75) is 59.9 Å². The lowest BCUT2D eigenvalue weighted by Gasteiger charge is -2.28. The molecule has 1 rings (SSSR count). The maximum Gasteiger partial charge on any atom is 0.191 e. The molecule has 1 aliphatic rings. The third-order valence-corrected chi connectivity index (χ3v) is 4.29. The van der Waals surface area contributed by atoms with E-state index in [4.69, 9.17) is 4.99 Å².